The van der Waals surface area contributed by atoms with E-state index < -0.39 is 0 Å². The third-order valence-electron chi connectivity index (χ3n) is 2.77. The smallest absolute Gasteiger partial charge is 0.128 e. The number of thioether (sulfide) groups is 1. The summed E-state index contributed by atoms with van der Waals surface area (Å²) in [5, 5.41) is 2.36. The first-order valence-electron chi connectivity index (χ1n) is 5.77. The topological polar surface area (TPSA) is 51.8 Å². The molecule has 0 aromatic carbocycles. The molecule has 0 saturated carbocycles. The molecule has 0 aliphatic heterocycles. The van der Waals surface area contributed by atoms with Gasteiger partial charge in [-0.3, -0.25) is 0 Å². The van der Waals surface area contributed by atoms with Crippen molar-refractivity contribution in [1.29, 1.82) is 0 Å². The van der Waals surface area contributed by atoms with Crippen LogP contribution in [0.25, 0.3) is 10.2 Å². The van der Waals surface area contributed by atoms with Crippen LogP contribution in [0.1, 0.15) is 23.3 Å². The van der Waals surface area contributed by atoms with Crippen LogP contribution in [0.4, 0.5) is 0 Å². The van der Waals surface area contributed by atoms with Crippen molar-refractivity contribution in [3.63, 3.8) is 0 Å². The standard InChI is InChI=1S/C12H17N3S2/c1-8-9(2)17-12-10(8)11(14-7-15-12)16-6-4-3-5-13/h7H,3-6,13H2,1-2H3. The average molecular weight is 267 g/mol. The van der Waals surface area contributed by atoms with Crippen molar-refractivity contribution in [3.8, 4) is 0 Å². The van der Waals surface area contributed by atoms with Gasteiger partial charge < -0.3 is 5.73 Å². The maximum Gasteiger partial charge on any atom is 0.128 e. The first-order chi connectivity index (χ1) is 8.24. The van der Waals surface area contributed by atoms with Crippen LogP contribution >= 0.6 is 23.1 Å². The number of aryl methyl sites for hydroxylation is 2. The van der Waals surface area contributed by atoms with E-state index in [2.05, 4.69) is 23.8 Å². The van der Waals surface area contributed by atoms with E-state index in [0.717, 1.165) is 35.0 Å². The molecule has 0 amide bonds. The SMILES string of the molecule is Cc1sc2ncnc(SCCCCN)c2c1C. The molecule has 3 nitrogen and oxygen atoms in total. The molecule has 17 heavy (non-hydrogen) atoms. The van der Waals surface area contributed by atoms with E-state index in [1.54, 1.807) is 17.7 Å². The van der Waals surface area contributed by atoms with Crippen molar-refractivity contribution >= 4 is 33.3 Å². The Hall–Kier alpha value is -0.650. The second-order valence-electron chi connectivity index (χ2n) is 3.99. The van der Waals surface area contributed by atoms with Gasteiger partial charge in [0, 0.05) is 10.3 Å². The van der Waals surface area contributed by atoms with Gasteiger partial charge in [-0.2, -0.15) is 0 Å². The summed E-state index contributed by atoms with van der Waals surface area (Å²) < 4.78 is 0. The van der Waals surface area contributed by atoms with E-state index in [-0.39, 0.29) is 0 Å². The van der Waals surface area contributed by atoms with Crippen LogP contribution in [0, 0.1) is 13.8 Å². The molecule has 0 bridgehead atoms. The number of hydrogen-bond acceptors (Lipinski definition) is 5. The van der Waals surface area contributed by atoms with Crippen LogP contribution in [0.15, 0.2) is 11.4 Å². The quantitative estimate of drug-likeness (QED) is 0.514. The second kappa shape index (κ2) is 5.80. The third-order valence-corrected chi connectivity index (χ3v) is 4.96. The highest BCUT2D eigenvalue weighted by Crippen LogP contribution is 2.34. The summed E-state index contributed by atoms with van der Waals surface area (Å²) in [5.74, 6) is 1.08. The molecular formula is C12H17N3S2. The van der Waals surface area contributed by atoms with E-state index in [1.165, 1.54) is 15.8 Å². The molecule has 0 atom stereocenters. The van der Waals surface area contributed by atoms with Crippen molar-refractivity contribution < 1.29 is 0 Å². The largest absolute Gasteiger partial charge is 0.330 e. The average Bonchev–Trinajstić information content (AvgIpc) is 2.62. The molecule has 0 unspecified atom stereocenters. The summed E-state index contributed by atoms with van der Waals surface area (Å²) in [4.78, 5) is 11.2. The van der Waals surface area contributed by atoms with Gasteiger partial charge in [-0.15, -0.1) is 23.1 Å². The fourth-order valence-corrected chi connectivity index (χ4v) is 3.79. The van der Waals surface area contributed by atoms with E-state index in [4.69, 9.17) is 5.73 Å². The lowest BCUT2D eigenvalue weighted by molar-refractivity contribution is 0.814. The van der Waals surface area contributed by atoms with Crippen LogP contribution in [-0.2, 0) is 0 Å². The lowest BCUT2D eigenvalue weighted by Crippen LogP contribution is -1.98. The molecule has 2 heterocycles. The predicted molar refractivity (Wildman–Crippen MR) is 75.9 cm³/mol. The maximum absolute atomic E-state index is 5.49. The van der Waals surface area contributed by atoms with Crippen LogP contribution in [0.3, 0.4) is 0 Å². The minimum atomic E-state index is 0.774. The van der Waals surface area contributed by atoms with Crippen LogP contribution in [0.5, 0.6) is 0 Å². The zero-order chi connectivity index (χ0) is 12.3. The molecule has 0 aliphatic rings. The number of unbranched alkanes of at least 4 members (excludes halogenated alkanes) is 1. The van der Waals surface area contributed by atoms with Gasteiger partial charge in [-0.1, -0.05) is 0 Å². The Labute approximate surface area is 110 Å². The Morgan fingerprint density at radius 2 is 2.12 bits per heavy atom. The number of thiophene rings is 1. The Bertz CT molecular complexity index is 508. The highest BCUT2D eigenvalue weighted by Gasteiger charge is 2.11. The van der Waals surface area contributed by atoms with Gasteiger partial charge in [0.1, 0.15) is 16.2 Å². The summed E-state index contributed by atoms with van der Waals surface area (Å²) in [6, 6.07) is 0. The minimum absolute atomic E-state index is 0.774. The number of nitrogens with two attached hydrogens (primary N) is 1. The highest BCUT2D eigenvalue weighted by atomic mass is 32.2. The molecule has 0 aliphatic carbocycles. The molecule has 0 spiro atoms. The van der Waals surface area contributed by atoms with Gasteiger partial charge in [0.25, 0.3) is 0 Å². The van der Waals surface area contributed by atoms with E-state index in [1.807, 2.05) is 11.8 Å². The number of rotatable bonds is 5. The summed E-state index contributed by atoms with van der Waals surface area (Å²) in [7, 11) is 0. The normalized spacial score (nSPS) is 11.2. The van der Waals surface area contributed by atoms with Gasteiger partial charge in [-0.05, 0) is 44.6 Å². The third kappa shape index (κ3) is 2.78. The number of nitrogens with zero attached hydrogens (tertiary/aromatic N) is 2. The Kier molecular flexibility index (Phi) is 4.36. The minimum Gasteiger partial charge on any atom is -0.330 e. The fraction of sp³-hybridized carbons (Fsp3) is 0.500. The highest BCUT2D eigenvalue weighted by molar-refractivity contribution is 7.99. The first kappa shape index (κ1) is 12.8. The maximum atomic E-state index is 5.49. The number of hydrogen-bond donors (Lipinski definition) is 1. The molecular weight excluding hydrogens is 250 g/mol. The molecule has 0 saturated heterocycles. The van der Waals surface area contributed by atoms with Gasteiger partial charge in [-0.25, -0.2) is 9.97 Å². The van der Waals surface area contributed by atoms with Crippen molar-refractivity contribution in [2.24, 2.45) is 5.73 Å². The molecule has 92 valence electrons. The summed E-state index contributed by atoms with van der Waals surface area (Å²) in [6.07, 6.45) is 3.90. The van der Waals surface area contributed by atoms with Crippen molar-refractivity contribution in [2.45, 2.75) is 31.7 Å². The molecule has 2 N–H and O–H groups in total. The molecule has 5 heteroatoms. The van der Waals surface area contributed by atoms with E-state index in [9.17, 15) is 0 Å². The van der Waals surface area contributed by atoms with Crippen LogP contribution < -0.4 is 5.73 Å². The van der Waals surface area contributed by atoms with Gasteiger partial charge in [0.2, 0.25) is 0 Å². The number of fused-ring (bicyclic) bond motifs is 1. The van der Waals surface area contributed by atoms with Gasteiger partial charge >= 0.3 is 0 Å². The summed E-state index contributed by atoms with van der Waals surface area (Å²) in [5.41, 5.74) is 6.82. The molecule has 0 fully saturated rings. The monoisotopic (exact) mass is 267 g/mol. The van der Waals surface area contributed by atoms with E-state index >= 15 is 0 Å². The lowest BCUT2D eigenvalue weighted by Gasteiger charge is -2.02. The van der Waals surface area contributed by atoms with Crippen molar-refractivity contribution in [3.05, 3.63) is 16.8 Å². The zero-order valence-corrected chi connectivity index (χ0v) is 11.8. The molecule has 2 aromatic rings. The van der Waals surface area contributed by atoms with Crippen LogP contribution in [-0.4, -0.2) is 22.3 Å². The van der Waals surface area contributed by atoms with Crippen molar-refractivity contribution in [2.75, 3.05) is 12.3 Å². The van der Waals surface area contributed by atoms with Gasteiger partial charge in [0.05, 0.1) is 0 Å². The molecule has 0 radical (unpaired) electrons. The first-order valence-corrected chi connectivity index (χ1v) is 7.58. The predicted octanol–water partition coefficient (Wildman–Crippen LogP) is 3.14. The summed E-state index contributed by atoms with van der Waals surface area (Å²) >= 11 is 3.57. The van der Waals surface area contributed by atoms with Gasteiger partial charge in [0.15, 0.2) is 0 Å². The van der Waals surface area contributed by atoms with Crippen molar-refractivity contribution in [1.82, 2.24) is 9.97 Å². The number of aromatic nitrogens is 2. The Balaban J connectivity index is 2.21. The van der Waals surface area contributed by atoms with E-state index in [0.29, 0.717) is 0 Å². The molecule has 2 rings (SSSR count). The fourth-order valence-electron chi connectivity index (χ4n) is 1.67. The second-order valence-corrected chi connectivity index (χ2v) is 6.27. The Morgan fingerprint density at radius 1 is 1.29 bits per heavy atom. The summed E-state index contributed by atoms with van der Waals surface area (Å²) in [6.45, 7) is 5.07. The Morgan fingerprint density at radius 3 is 2.88 bits per heavy atom. The molecule has 2 aromatic heterocycles. The zero-order valence-electron chi connectivity index (χ0n) is 10.2. The lowest BCUT2D eigenvalue weighted by atomic mass is 10.2. The van der Waals surface area contributed by atoms with Crippen LogP contribution in [0.2, 0.25) is 0 Å².